The fraction of sp³-hybridized carbons (Fsp3) is 0.579. The second-order valence-electron chi connectivity index (χ2n) is 6.80. The largest absolute Gasteiger partial charge is 0.461 e. The van der Waals surface area contributed by atoms with Gasteiger partial charge in [-0.25, -0.2) is 0 Å². The van der Waals surface area contributed by atoms with Crippen molar-refractivity contribution in [2.24, 2.45) is 0 Å². The van der Waals surface area contributed by atoms with Crippen LogP contribution in [0.1, 0.15) is 44.1 Å². The van der Waals surface area contributed by atoms with Gasteiger partial charge in [0.2, 0.25) is 5.91 Å². The number of carbonyl (C=O) groups excluding carboxylic acids is 2. The summed E-state index contributed by atoms with van der Waals surface area (Å²) in [6, 6.07) is 3.86. The highest BCUT2D eigenvalue weighted by Crippen LogP contribution is 2.42. The summed E-state index contributed by atoms with van der Waals surface area (Å²) in [4.78, 5) is 30.5. The molecule has 0 aliphatic heterocycles. The average molecular weight is 378 g/mol. The van der Waals surface area contributed by atoms with Crippen LogP contribution >= 0.6 is 12.2 Å². The monoisotopic (exact) mass is 377 g/mol. The van der Waals surface area contributed by atoms with Crippen LogP contribution in [0.25, 0.3) is 0 Å². The molecule has 7 heteroatoms. The van der Waals surface area contributed by atoms with E-state index in [9.17, 15) is 9.59 Å². The van der Waals surface area contributed by atoms with E-state index in [1.165, 1.54) is 4.90 Å². The van der Waals surface area contributed by atoms with Gasteiger partial charge in [0.25, 0.3) is 0 Å². The number of hydrogen-bond donors (Lipinski definition) is 1. The van der Waals surface area contributed by atoms with E-state index in [0.717, 1.165) is 31.2 Å². The van der Waals surface area contributed by atoms with Crippen LogP contribution in [0.5, 0.6) is 0 Å². The molecule has 1 N–H and O–H groups in total. The predicted octanol–water partition coefficient (Wildman–Crippen LogP) is 2.22. The molecule has 1 heterocycles. The Morgan fingerprint density at radius 1 is 1.38 bits per heavy atom. The van der Waals surface area contributed by atoms with Crippen molar-refractivity contribution in [1.29, 1.82) is 0 Å². The predicted molar refractivity (Wildman–Crippen MR) is 104 cm³/mol. The molecule has 0 unspecified atom stereocenters. The first-order valence-electron chi connectivity index (χ1n) is 8.94. The van der Waals surface area contributed by atoms with Gasteiger partial charge in [-0.05, 0) is 30.9 Å². The molecule has 1 saturated carbocycles. The number of pyridine rings is 1. The van der Waals surface area contributed by atoms with Crippen molar-refractivity contribution >= 4 is 29.1 Å². The Balaban J connectivity index is 2.22. The third kappa shape index (κ3) is 4.38. The second-order valence-corrected chi connectivity index (χ2v) is 7.21. The number of aromatic nitrogens is 1. The lowest BCUT2D eigenvalue weighted by Gasteiger charge is -2.43. The number of hydrogen-bond acceptors (Lipinski definition) is 5. The quantitative estimate of drug-likeness (QED) is 0.605. The van der Waals surface area contributed by atoms with Gasteiger partial charge in [-0.3, -0.25) is 14.6 Å². The molecule has 1 aromatic rings. The Morgan fingerprint density at radius 2 is 2.15 bits per heavy atom. The Hall–Kier alpha value is -2.02. The van der Waals surface area contributed by atoms with Gasteiger partial charge in [-0.15, -0.1) is 0 Å². The van der Waals surface area contributed by atoms with Crippen molar-refractivity contribution < 1.29 is 14.3 Å². The topological polar surface area (TPSA) is 71.5 Å². The summed E-state index contributed by atoms with van der Waals surface area (Å²) < 4.78 is 5.85. The number of nitrogens with one attached hydrogen (secondary N) is 1. The summed E-state index contributed by atoms with van der Waals surface area (Å²) in [7, 11) is 5.14. The van der Waals surface area contributed by atoms with Crippen LogP contribution in [0.4, 0.5) is 0 Å². The van der Waals surface area contributed by atoms with Crippen LogP contribution in [0, 0.1) is 0 Å². The summed E-state index contributed by atoms with van der Waals surface area (Å²) in [5.74, 6) is -0.450. The maximum absolute atomic E-state index is 12.4. The van der Waals surface area contributed by atoms with Crippen molar-refractivity contribution in [2.45, 2.75) is 50.0 Å². The summed E-state index contributed by atoms with van der Waals surface area (Å²) >= 11 is 5.65. The normalized spacial score (nSPS) is 22.3. The van der Waals surface area contributed by atoms with Gasteiger partial charge in [-0.2, -0.15) is 0 Å². The minimum atomic E-state index is -0.572. The summed E-state index contributed by atoms with van der Waals surface area (Å²) in [6.07, 6.45) is 6.89. The Bertz CT molecular complexity index is 651. The van der Waals surface area contributed by atoms with Gasteiger partial charge >= 0.3 is 5.97 Å². The zero-order chi connectivity index (χ0) is 19.2. The van der Waals surface area contributed by atoms with Crippen LogP contribution in [-0.4, -0.2) is 54.0 Å². The second kappa shape index (κ2) is 9.07. The Labute approximate surface area is 160 Å². The van der Waals surface area contributed by atoms with E-state index in [0.29, 0.717) is 4.99 Å². The highest BCUT2D eigenvalue weighted by Gasteiger charge is 2.48. The molecule has 26 heavy (non-hydrogen) atoms. The standard InChI is InChI=1S/C19H27N3O3S/c1-20-18(26)19(14-7-6-12-21-13-14)11-5-4-8-15(19)25-17(24)10-9-16(23)22(2)3/h6-7,12-13,15H,4-5,8-11H2,1-3H3,(H,20,26)/t15-,19+/m1/s1. The molecule has 0 bridgehead atoms. The smallest absolute Gasteiger partial charge is 0.306 e. The number of esters is 1. The van der Waals surface area contributed by atoms with Crippen LogP contribution in [0.2, 0.25) is 0 Å². The Morgan fingerprint density at radius 3 is 2.77 bits per heavy atom. The number of rotatable bonds is 6. The maximum Gasteiger partial charge on any atom is 0.306 e. The molecule has 0 spiro atoms. The first-order chi connectivity index (χ1) is 12.4. The SMILES string of the molecule is CNC(=S)[C@]1(c2cccnc2)CCCC[C@H]1OC(=O)CCC(=O)N(C)C. The minimum Gasteiger partial charge on any atom is -0.461 e. The summed E-state index contributed by atoms with van der Waals surface area (Å²) in [5, 5.41) is 3.09. The zero-order valence-corrected chi connectivity index (χ0v) is 16.5. The molecule has 0 radical (unpaired) electrons. The van der Waals surface area contributed by atoms with Crippen LogP contribution in [0.15, 0.2) is 24.5 Å². The van der Waals surface area contributed by atoms with Crippen molar-refractivity contribution in [1.82, 2.24) is 15.2 Å². The number of likely N-dealkylation sites (N-methyl/N-ethyl adjacent to an activating group) is 1. The first kappa shape index (κ1) is 20.3. The maximum atomic E-state index is 12.4. The molecule has 1 amide bonds. The van der Waals surface area contributed by atoms with E-state index < -0.39 is 5.41 Å². The molecule has 0 aromatic carbocycles. The lowest BCUT2D eigenvalue weighted by molar-refractivity contribution is -0.154. The van der Waals surface area contributed by atoms with Gasteiger partial charge in [0.15, 0.2) is 0 Å². The fourth-order valence-corrected chi connectivity index (χ4v) is 3.87. The molecule has 2 atom stereocenters. The van der Waals surface area contributed by atoms with E-state index in [1.807, 2.05) is 12.1 Å². The number of thiocarbonyl (C=S) groups is 1. The molecular weight excluding hydrogens is 350 g/mol. The molecular formula is C19H27N3O3S. The van der Waals surface area contributed by atoms with Gasteiger partial charge in [0, 0.05) is 40.0 Å². The number of carbonyl (C=O) groups is 2. The van der Waals surface area contributed by atoms with Crippen LogP contribution < -0.4 is 5.32 Å². The Kier molecular flexibility index (Phi) is 7.08. The summed E-state index contributed by atoms with van der Waals surface area (Å²) in [6.45, 7) is 0. The molecule has 2 rings (SSSR count). The van der Waals surface area contributed by atoms with Gasteiger partial charge in [0.1, 0.15) is 6.10 Å². The fourth-order valence-electron chi connectivity index (χ4n) is 3.52. The molecule has 1 fully saturated rings. The van der Waals surface area contributed by atoms with E-state index in [4.69, 9.17) is 17.0 Å². The lowest BCUT2D eigenvalue weighted by Crippen LogP contribution is -2.53. The minimum absolute atomic E-state index is 0.0724. The van der Waals surface area contributed by atoms with Crippen LogP contribution in [0.3, 0.4) is 0 Å². The lowest BCUT2D eigenvalue weighted by atomic mass is 9.67. The molecule has 6 nitrogen and oxygen atoms in total. The number of ether oxygens (including phenoxy) is 1. The molecule has 142 valence electrons. The molecule has 1 aliphatic rings. The van der Waals surface area contributed by atoms with Crippen molar-refractivity contribution in [3.8, 4) is 0 Å². The number of nitrogens with zero attached hydrogens (tertiary/aromatic N) is 2. The highest BCUT2D eigenvalue weighted by molar-refractivity contribution is 7.80. The van der Waals surface area contributed by atoms with E-state index >= 15 is 0 Å². The van der Waals surface area contributed by atoms with E-state index in [2.05, 4.69) is 10.3 Å². The highest BCUT2D eigenvalue weighted by atomic mass is 32.1. The molecule has 0 saturated heterocycles. The van der Waals surface area contributed by atoms with Crippen molar-refractivity contribution in [3.05, 3.63) is 30.1 Å². The third-order valence-electron chi connectivity index (χ3n) is 4.96. The van der Waals surface area contributed by atoms with Gasteiger partial charge in [-0.1, -0.05) is 24.7 Å². The van der Waals surface area contributed by atoms with Gasteiger partial charge < -0.3 is 15.0 Å². The zero-order valence-electron chi connectivity index (χ0n) is 15.7. The van der Waals surface area contributed by atoms with E-state index in [-0.39, 0.29) is 30.8 Å². The summed E-state index contributed by atoms with van der Waals surface area (Å²) in [5.41, 5.74) is 0.388. The average Bonchev–Trinajstić information content (AvgIpc) is 2.66. The third-order valence-corrected chi connectivity index (χ3v) is 5.53. The number of amides is 1. The van der Waals surface area contributed by atoms with Gasteiger partial charge in [0.05, 0.1) is 16.8 Å². The van der Waals surface area contributed by atoms with Crippen molar-refractivity contribution in [3.63, 3.8) is 0 Å². The van der Waals surface area contributed by atoms with Crippen LogP contribution in [-0.2, 0) is 19.7 Å². The molecule has 1 aliphatic carbocycles. The first-order valence-corrected chi connectivity index (χ1v) is 9.35. The van der Waals surface area contributed by atoms with E-state index in [1.54, 1.807) is 33.5 Å². The van der Waals surface area contributed by atoms with Crippen molar-refractivity contribution in [2.75, 3.05) is 21.1 Å². The molecule has 1 aromatic heterocycles.